The van der Waals surface area contributed by atoms with Gasteiger partial charge in [0.15, 0.2) is 0 Å². The molecule has 3 aliphatic rings. The lowest BCUT2D eigenvalue weighted by atomic mass is 10.0. The second-order valence-electron chi connectivity index (χ2n) is 8.61. The number of piperidine rings is 1. The maximum Gasteiger partial charge on any atom is 0.255 e. The lowest BCUT2D eigenvalue weighted by molar-refractivity contribution is -0.136. The average Bonchev–Trinajstić information content (AvgIpc) is 3.35. The number of carbonyl (C=O) groups excluding carboxylic acids is 3. The zero-order valence-corrected chi connectivity index (χ0v) is 18.6. The second-order valence-corrected chi connectivity index (χ2v) is 9.53. The lowest BCUT2D eigenvalue weighted by Gasteiger charge is -2.29. The van der Waals surface area contributed by atoms with E-state index in [0.717, 1.165) is 19.5 Å². The molecule has 32 heavy (non-hydrogen) atoms. The zero-order valence-electron chi connectivity index (χ0n) is 17.8. The van der Waals surface area contributed by atoms with Crippen LogP contribution in [0.2, 0.25) is 0 Å². The number of halogens is 1. The van der Waals surface area contributed by atoms with Crippen LogP contribution in [-0.2, 0) is 22.7 Å². The van der Waals surface area contributed by atoms with E-state index >= 15 is 4.39 Å². The minimum atomic E-state index is -0.734. The Bertz CT molecular complexity index is 1160. The van der Waals surface area contributed by atoms with Crippen LogP contribution in [0, 0.1) is 12.7 Å². The molecule has 0 spiro atoms. The number of hydrogen-bond donors (Lipinski definition) is 1. The molecule has 1 unspecified atom stereocenters. The highest BCUT2D eigenvalue weighted by molar-refractivity contribution is 7.11. The molecule has 8 heteroatoms. The van der Waals surface area contributed by atoms with E-state index in [4.69, 9.17) is 0 Å². The summed E-state index contributed by atoms with van der Waals surface area (Å²) in [6.45, 7) is 4.25. The highest BCUT2D eigenvalue weighted by Gasteiger charge is 2.40. The first-order chi connectivity index (χ1) is 15.4. The van der Waals surface area contributed by atoms with E-state index < -0.39 is 11.9 Å². The molecule has 1 N–H and O–H groups in total. The molecule has 4 heterocycles. The van der Waals surface area contributed by atoms with Gasteiger partial charge < -0.3 is 4.90 Å². The van der Waals surface area contributed by atoms with Gasteiger partial charge in [0.05, 0.1) is 6.54 Å². The van der Waals surface area contributed by atoms with Crippen LogP contribution >= 0.6 is 11.3 Å². The summed E-state index contributed by atoms with van der Waals surface area (Å²) in [4.78, 5) is 41.4. The molecule has 0 saturated carbocycles. The van der Waals surface area contributed by atoms with Gasteiger partial charge in [0.1, 0.15) is 11.9 Å². The fourth-order valence-corrected chi connectivity index (χ4v) is 5.78. The van der Waals surface area contributed by atoms with E-state index in [-0.39, 0.29) is 37.0 Å². The summed E-state index contributed by atoms with van der Waals surface area (Å²) in [6, 6.07) is 4.75. The van der Waals surface area contributed by atoms with Gasteiger partial charge in [-0.2, -0.15) is 0 Å². The van der Waals surface area contributed by atoms with Crippen molar-refractivity contribution in [2.45, 2.75) is 45.3 Å². The number of benzene rings is 1. The number of imide groups is 1. The van der Waals surface area contributed by atoms with E-state index in [9.17, 15) is 14.4 Å². The van der Waals surface area contributed by atoms with Crippen LogP contribution < -0.4 is 5.32 Å². The van der Waals surface area contributed by atoms with Crippen molar-refractivity contribution in [3.63, 3.8) is 0 Å². The number of fused-ring (bicyclic) bond motifs is 1. The SMILES string of the molecule is Cc1ccsc1C1=CCN(Cc2ccc3c(c2F)CN(C2CCC(=O)NC2=O)C3=O)CC1. The van der Waals surface area contributed by atoms with Crippen LogP contribution in [0.3, 0.4) is 0 Å². The second kappa shape index (κ2) is 8.26. The molecule has 3 amide bonds. The predicted molar refractivity (Wildman–Crippen MR) is 119 cm³/mol. The quantitative estimate of drug-likeness (QED) is 0.722. The van der Waals surface area contributed by atoms with Gasteiger partial charge in [-0.05, 0) is 48.4 Å². The molecule has 5 rings (SSSR count). The van der Waals surface area contributed by atoms with Gasteiger partial charge in [0.25, 0.3) is 5.91 Å². The average molecular weight is 454 g/mol. The van der Waals surface area contributed by atoms with Crippen molar-refractivity contribution < 1.29 is 18.8 Å². The fraction of sp³-hybridized carbons (Fsp3) is 0.375. The van der Waals surface area contributed by atoms with Gasteiger partial charge in [-0.1, -0.05) is 12.1 Å². The van der Waals surface area contributed by atoms with E-state index in [1.807, 2.05) is 0 Å². The number of nitrogens with one attached hydrogen (secondary N) is 1. The minimum absolute atomic E-state index is 0.0574. The maximum atomic E-state index is 15.4. The maximum absolute atomic E-state index is 15.4. The first kappa shape index (κ1) is 21.0. The molecule has 1 fully saturated rings. The van der Waals surface area contributed by atoms with Crippen LogP contribution in [0.4, 0.5) is 4.39 Å². The minimum Gasteiger partial charge on any atom is -0.322 e. The summed E-state index contributed by atoms with van der Waals surface area (Å²) < 4.78 is 15.4. The van der Waals surface area contributed by atoms with Gasteiger partial charge in [-0.25, -0.2) is 4.39 Å². The molecular weight excluding hydrogens is 429 g/mol. The molecule has 3 aliphatic heterocycles. The number of hydrogen-bond acceptors (Lipinski definition) is 5. The molecule has 1 saturated heterocycles. The van der Waals surface area contributed by atoms with Crippen LogP contribution in [-0.4, -0.2) is 46.7 Å². The molecule has 0 bridgehead atoms. The van der Waals surface area contributed by atoms with Crippen molar-refractivity contribution >= 4 is 34.6 Å². The van der Waals surface area contributed by atoms with Crippen molar-refractivity contribution in [1.29, 1.82) is 0 Å². The molecule has 6 nitrogen and oxygen atoms in total. The molecule has 166 valence electrons. The molecule has 0 radical (unpaired) electrons. The molecule has 1 aromatic heterocycles. The summed E-state index contributed by atoms with van der Waals surface area (Å²) in [7, 11) is 0. The van der Waals surface area contributed by atoms with Gasteiger partial charge in [-0.3, -0.25) is 24.6 Å². The Morgan fingerprint density at radius 3 is 2.72 bits per heavy atom. The van der Waals surface area contributed by atoms with E-state index in [1.54, 1.807) is 23.5 Å². The van der Waals surface area contributed by atoms with E-state index in [1.165, 1.54) is 20.9 Å². The first-order valence-electron chi connectivity index (χ1n) is 10.8. The van der Waals surface area contributed by atoms with Crippen molar-refractivity contribution in [2.24, 2.45) is 0 Å². The highest BCUT2D eigenvalue weighted by atomic mass is 32.1. The summed E-state index contributed by atoms with van der Waals surface area (Å²) in [6.07, 6.45) is 3.60. The number of thiophene rings is 1. The van der Waals surface area contributed by atoms with Gasteiger partial charge in [-0.15, -0.1) is 11.3 Å². The number of aryl methyl sites for hydroxylation is 1. The number of carbonyl (C=O) groups is 3. The van der Waals surface area contributed by atoms with Crippen LogP contribution in [0.25, 0.3) is 5.57 Å². The first-order valence-corrected chi connectivity index (χ1v) is 11.7. The Kier molecular flexibility index (Phi) is 5.43. The van der Waals surface area contributed by atoms with Crippen LogP contribution in [0.15, 0.2) is 29.7 Å². The number of rotatable bonds is 4. The number of nitrogens with zero attached hydrogens (tertiary/aromatic N) is 2. The molecule has 1 atom stereocenters. The molecule has 0 aliphatic carbocycles. The predicted octanol–water partition coefficient (Wildman–Crippen LogP) is 3.25. The Balaban J connectivity index is 1.30. The largest absolute Gasteiger partial charge is 0.322 e. The van der Waals surface area contributed by atoms with Gasteiger partial charge in [0, 0.05) is 47.6 Å². The Morgan fingerprint density at radius 1 is 1.19 bits per heavy atom. The Labute approximate surface area is 189 Å². The number of amides is 3. The summed E-state index contributed by atoms with van der Waals surface area (Å²) in [5, 5.41) is 4.38. The van der Waals surface area contributed by atoms with E-state index in [2.05, 4.69) is 34.7 Å². The standard InChI is InChI=1S/C24H24FN3O3S/c1-14-8-11-32-22(14)15-6-9-27(10-7-15)12-16-2-3-17-18(21(16)25)13-28(24(17)31)19-4-5-20(29)26-23(19)30/h2-3,6,8,11,19H,4-5,7,9-10,12-13H2,1H3,(H,26,29,30). The topological polar surface area (TPSA) is 69.7 Å². The third-order valence-electron chi connectivity index (χ3n) is 6.57. The van der Waals surface area contributed by atoms with Crippen LogP contribution in [0.1, 0.15) is 51.2 Å². The third-order valence-corrected chi connectivity index (χ3v) is 7.66. The highest BCUT2D eigenvalue weighted by Crippen LogP contribution is 2.33. The summed E-state index contributed by atoms with van der Waals surface area (Å²) in [5.74, 6) is -1.54. The van der Waals surface area contributed by atoms with Crippen molar-refractivity contribution in [2.75, 3.05) is 13.1 Å². The Hall–Kier alpha value is -2.84. The lowest BCUT2D eigenvalue weighted by Crippen LogP contribution is -2.52. The fourth-order valence-electron chi connectivity index (χ4n) is 4.78. The van der Waals surface area contributed by atoms with Crippen molar-refractivity contribution in [3.05, 3.63) is 62.6 Å². The smallest absolute Gasteiger partial charge is 0.255 e. The van der Waals surface area contributed by atoms with Crippen molar-refractivity contribution in [1.82, 2.24) is 15.1 Å². The monoisotopic (exact) mass is 453 g/mol. The molecule has 2 aromatic rings. The van der Waals surface area contributed by atoms with Gasteiger partial charge in [0.2, 0.25) is 11.8 Å². The zero-order chi connectivity index (χ0) is 22.4. The van der Waals surface area contributed by atoms with E-state index in [0.29, 0.717) is 23.2 Å². The third kappa shape index (κ3) is 3.67. The normalized spacial score (nSPS) is 21.6. The summed E-state index contributed by atoms with van der Waals surface area (Å²) in [5.41, 5.74) is 3.87. The Morgan fingerprint density at radius 2 is 2.03 bits per heavy atom. The molecule has 1 aromatic carbocycles. The van der Waals surface area contributed by atoms with Crippen LogP contribution in [0.5, 0.6) is 0 Å². The molecular formula is C24H24FN3O3S. The van der Waals surface area contributed by atoms with Crippen molar-refractivity contribution in [3.8, 4) is 0 Å². The van der Waals surface area contributed by atoms with Gasteiger partial charge >= 0.3 is 0 Å². The summed E-state index contributed by atoms with van der Waals surface area (Å²) >= 11 is 1.76.